The molecule has 0 amide bonds. The molecule has 2 heterocycles. The molecule has 2 rings (SSSR count). The van der Waals surface area contributed by atoms with E-state index >= 15 is 0 Å². The van der Waals surface area contributed by atoms with Crippen LogP contribution in [-0.2, 0) is 23.8 Å². The SMILES string of the molecule is C=CCC/C1=C/CC(OC2OC(C)C(O)C(O)C2O)C(C)C(=O)CC(O)CC(O)CC(O)/C=C\CC(O)CC(O)CC(O)CC(/C=C/CC(O)/C=C/CC(O)CCCN)OC(=O)CC\C=C/C=C\C=C/C=C\C=C/C(C)C(O)C(C)C(O)/C=C\CC1. The summed E-state index contributed by atoms with van der Waals surface area (Å²) in [4.78, 5) is 26.8. The zero-order valence-corrected chi connectivity index (χ0v) is 51.2. The number of ketones is 1. The molecule has 0 spiro atoms. The summed E-state index contributed by atoms with van der Waals surface area (Å²) in [5.41, 5.74) is 6.50. The van der Waals surface area contributed by atoms with E-state index in [0.29, 0.717) is 57.9 Å². The average Bonchev–Trinajstić information content (AvgIpc) is 2.13. The molecule has 1 saturated heterocycles. The summed E-state index contributed by atoms with van der Waals surface area (Å²) in [7, 11) is 0. The number of hydrogen-bond acceptors (Lipinski definition) is 19. The van der Waals surface area contributed by atoms with Gasteiger partial charge in [0.25, 0.3) is 0 Å². The van der Waals surface area contributed by atoms with Crippen molar-refractivity contribution in [2.45, 2.75) is 247 Å². The minimum Gasteiger partial charge on any atom is -0.458 e. The quantitative estimate of drug-likeness (QED) is 0.0774. The Hall–Kier alpha value is -4.36. The van der Waals surface area contributed by atoms with E-state index < -0.39 is 134 Å². The minimum atomic E-state index is -1.65. The molecule has 19 nitrogen and oxygen atoms in total. The van der Waals surface area contributed by atoms with E-state index in [1.54, 1.807) is 68.5 Å². The molecule has 0 radical (unpaired) electrons. The highest BCUT2D eigenvalue weighted by molar-refractivity contribution is 5.81. The Balaban J connectivity index is 2.33. The highest BCUT2D eigenvalue weighted by atomic mass is 16.7. The summed E-state index contributed by atoms with van der Waals surface area (Å²) in [6.45, 7) is 11.1. The Morgan fingerprint density at radius 3 is 2.01 bits per heavy atom. The first-order valence-electron chi connectivity index (χ1n) is 30.8. The van der Waals surface area contributed by atoms with Crippen LogP contribution in [0, 0.1) is 17.8 Å². The monoisotopic (exact) mass is 1210 g/mol. The summed E-state index contributed by atoms with van der Waals surface area (Å²) in [5, 5.41) is 140. The van der Waals surface area contributed by atoms with Gasteiger partial charge in [0.15, 0.2) is 6.29 Å². The van der Waals surface area contributed by atoms with Crippen LogP contribution < -0.4 is 5.73 Å². The number of aliphatic hydroxyl groups is 13. The Labute approximate surface area is 511 Å². The zero-order valence-electron chi connectivity index (χ0n) is 51.2. The molecule has 488 valence electrons. The Morgan fingerprint density at radius 1 is 0.674 bits per heavy atom. The number of rotatable bonds is 14. The van der Waals surface area contributed by atoms with E-state index in [2.05, 4.69) is 6.58 Å². The summed E-state index contributed by atoms with van der Waals surface area (Å²) >= 11 is 0. The molecule has 20 unspecified atom stereocenters. The number of carbonyl (C=O) groups excluding carboxylic acids is 2. The fraction of sp³-hybridized carbons (Fsp3) is 0.642. The molecule has 0 aromatic carbocycles. The van der Waals surface area contributed by atoms with Gasteiger partial charge >= 0.3 is 5.97 Å². The van der Waals surface area contributed by atoms with Crippen molar-refractivity contribution in [3.63, 3.8) is 0 Å². The number of cyclic esters (lactones) is 1. The number of esters is 1. The van der Waals surface area contributed by atoms with Gasteiger partial charge in [-0.15, -0.1) is 6.58 Å². The van der Waals surface area contributed by atoms with Crippen molar-refractivity contribution >= 4 is 11.8 Å². The van der Waals surface area contributed by atoms with Crippen molar-refractivity contribution in [1.82, 2.24) is 0 Å². The van der Waals surface area contributed by atoms with E-state index in [1.807, 2.05) is 61.6 Å². The number of Topliss-reactive ketones (excluding diaryl/α,β-unsaturated/α-hetero) is 1. The lowest BCUT2D eigenvalue weighted by Gasteiger charge is -2.41. The van der Waals surface area contributed by atoms with E-state index in [9.17, 15) is 76.0 Å². The number of hydrogen-bond donors (Lipinski definition) is 14. The third-order valence-electron chi connectivity index (χ3n) is 15.3. The van der Waals surface area contributed by atoms with E-state index in [-0.39, 0.29) is 63.7 Å². The molecule has 19 heteroatoms. The molecule has 15 N–H and O–H groups in total. The molecule has 0 aromatic rings. The second-order valence-electron chi connectivity index (χ2n) is 23.1. The maximum absolute atomic E-state index is 13.9. The highest BCUT2D eigenvalue weighted by Crippen LogP contribution is 2.29. The van der Waals surface area contributed by atoms with Gasteiger partial charge in [-0.1, -0.05) is 142 Å². The van der Waals surface area contributed by atoms with Crippen LogP contribution in [-0.4, -0.2) is 189 Å². The van der Waals surface area contributed by atoms with Crippen LogP contribution in [0.2, 0.25) is 0 Å². The number of nitrogens with two attached hydrogens (primary N) is 1. The van der Waals surface area contributed by atoms with Crippen LogP contribution in [0.4, 0.5) is 0 Å². The van der Waals surface area contributed by atoms with Crippen LogP contribution in [0.1, 0.15) is 143 Å². The summed E-state index contributed by atoms with van der Waals surface area (Å²) < 4.78 is 17.7. The van der Waals surface area contributed by atoms with Gasteiger partial charge < -0.3 is 86.3 Å². The largest absolute Gasteiger partial charge is 0.458 e. The molecule has 20 atom stereocenters. The zero-order chi connectivity index (χ0) is 64.0. The van der Waals surface area contributed by atoms with E-state index in [1.165, 1.54) is 19.1 Å². The number of allylic oxidation sites excluding steroid dienone is 12. The van der Waals surface area contributed by atoms with E-state index in [4.69, 9.17) is 19.9 Å². The van der Waals surface area contributed by atoms with Gasteiger partial charge in [-0.25, -0.2) is 0 Å². The van der Waals surface area contributed by atoms with E-state index in [0.717, 1.165) is 5.57 Å². The molecule has 0 bridgehead atoms. The molecule has 0 aromatic heterocycles. The predicted molar refractivity (Wildman–Crippen MR) is 332 cm³/mol. The van der Waals surface area contributed by atoms with Gasteiger partial charge in [0, 0.05) is 43.4 Å². The lowest BCUT2D eigenvalue weighted by atomic mass is 9.88. The van der Waals surface area contributed by atoms with Crippen LogP contribution in [0.15, 0.2) is 134 Å². The maximum Gasteiger partial charge on any atom is 0.306 e. The Bertz CT molecular complexity index is 2190. The Morgan fingerprint density at radius 2 is 1.31 bits per heavy atom. The number of ether oxygens (including phenoxy) is 3. The van der Waals surface area contributed by atoms with Gasteiger partial charge in [0.05, 0.1) is 73.2 Å². The van der Waals surface area contributed by atoms with Gasteiger partial charge in [-0.05, 0) is 109 Å². The summed E-state index contributed by atoms with van der Waals surface area (Å²) in [6.07, 6.45) is 18.6. The fourth-order valence-corrected chi connectivity index (χ4v) is 9.81. The standard InChI is InChI=1S/C67H107NO18/c1-6-7-25-49-26-18-19-34-59(77)47(4)63(80)45(2)24-16-14-12-10-8-9-11-13-15-17-35-62(79)85-58(33-22-29-50(69)27-20-28-51(70)32-23-38-68)43-56(75)41-54(73)39-52(71)30-21-31-53(72)40-55(74)42-57(76)44-60(78)46(3)61(37-36-49)86-67-66(83)65(82)64(81)48(5)84-67/h6,8-16,19-22,24,27,31,33-34,36,45-48,50-59,61,63-67,69-77,80-83H,1,7,17-18,23,25-26,28-30,32,35,37-44,68H2,2-5H3/b10-8-,11-9-,14-12-,15-13-,24-16-,27-20+,31-21-,33-22+,34-19-,49-36-. The highest BCUT2D eigenvalue weighted by Gasteiger charge is 2.44. The van der Waals surface area contributed by atoms with Crippen molar-refractivity contribution in [3.8, 4) is 0 Å². The first kappa shape index (κ1) is 77.7. The molecular formula is C67H107NO18. The van der Waals surface area contributed by atoms with Crippen molar-refractivity contribution in [3.05, 3.63) is 134 Å². The summed E-state index contributed by atoms with van der Waals surface area (Å²) in [5.74, 6) is -2.68. The second-order valence-corrected chi connectivity index (χ2v) is 23.1. The van der Waals surface area contributed by atoms with Crippen LogP contribution in [0.5, 0.6) is 0 Å². The summed E-state index contributed by atoms with van der Waals surface area (Å²) in [6, 6.07) is 0. The maximum atomic E-state index is 13.9. The third kappa shape index (κ3) is 33.8. The van der Waals surface area contributed by atoms with Gasteiger partial charge in [0.2, 0.25) is 0 Å². The third-order valence-corrected chi connectivity index (χ3v) is 15.3. The first-order valence-corrected chi connectivity index (χ1v) is 30.8. The normalized spacial score (nSPS) is 37.6. The van der Waals surface area contributed by atoms with Crippen LogP contribution in [0.3, 0.4) is 0 Å². The molecule has 0 aliphatic carbocycles. The minimum absolute atomic E-state index is 0.000868. The first-order chi connectivity index (χ1) is 40.9. The second kappa shape index (κ2) is 45.0. The van der Waals surface area contributed by atoms with Crippen molar-refractivity contribution in [1.29, 1.82) is 0 Å². The number of carbonyl (C=O) groups is 2. The van der Waals surface area contributed by atoms with Crippen LogP contribution >= 0.6 is 0 Å². The molecule has 1 fully saturated rings. The fourth-order valence-electron chi connectivity index (χ4n) is 9.81. The molecule has 0 saturated carbocycles. The molecule has 2 aliphatic heterocycles. The topological polar surface area (TPSA) is 351 Å². The van der Waals surface area contributed by atoms with Gasteiger partial charge in [0.1, 0.15) is 30.2 Å². The average molecular weight is 1210 g/mol. The molecule has 2 aliphatic rings. The smallest absolute Gasteiger partial charge is 0.306 e. The lowest BCUT2D eigenvalue weighted by molar-refractivity contribution is -0.306. The van der Waals surface area contributed by atoms with Gasteiger partial charge in [-0.3, -0.25) is 9.59 Å². The van der Waals surface area contributed by atoms with Crippen molar-refractivity contribution < 1.29 is 90.2 Å². The number of aliphatic hydroxyl groups excluding tert-OH is 13. The van der Waals surface area contributed by atoms with Gasteiger partial charge in [-0.2, -0.15) is 0 Å². The molecular weight excluding hydrogens is 1110 g/mol. The van der Waals surface area contributed by atoms with Crippen LogP contribution in [0.25, 0.3) is 0 Å². The Kier molecular flexibility index (Phi) is 40.7. The predicted octanol–water partition coefficient (Wildman–Crippen LogP) is 5.31. The lowest BCUT2D eigenvalue weighted by Crippen LogP contribution is -2.58. The van der Waals surface area contributed by atoms with Crippen molar-refractivity contribution in [2.24, 2.45) is 23.5 Å². The molecule has 86 heavy (non-hydrogen) atoms. The van der Waals surface area contributed by atoms with Crippen molar-refractivity contribution in [2.75, 3.05) is 6.54 Å².